The minimum absolute atomic E-state index is 0.0551. The predicted molar refractivity (Wildman–Crippen MR) is 96.8 cm³/mol. The second-order valence-electron chi connectivity index (χ2n) is 7.15. The van der Waals surface area contributed by atoms with Crippen LogP contribution in [0.3, 0.4) is 0 Å². The van der Waals surface area contributed by atoms with E-state index in [0.29, 0.717) is 5.02 Å². The summed E-state index contributed by atoms with van der Waals surface area (Å²) in [5.74, 6) is 1.000. The van der Waals surface area contributed by atoms with Gasteiger partial charge in [-0.1, -0.05) is 17.7 Å². The summed E-state index contributed by atoms with van der Waals surface area (Å²) < 4.78 is 5.57. The van der Waals surface area contributed by atoms with E-state index in [0.717, 1.165) is 49.1 Å². The van der Waals surface area contributed by atoms with Crippen molar-refractivity contribution >= 4 is 28.3 Å². The van der Waals surface area contributed by atoms with E-state index in [1.165, 1.54) is 5.56 Å². The van der Waals surface area contributed by atoms with Gasteiger partial charge in [-0.15, -0.1) is 0 Å². The number of rotatable bonds is 2. The SMILES string of the molecule is COC1CC(O)C12CCN(c1cc(C)c3ccc(Cl)cc3n1)CC2. The largest absolute Gasteiger partial charge is 0.392 e. The molecule has 1 saturated carbocycles. The van der Waals surface area contributed by atoms with Crippen LogP contribution in [0.5, 0.6) is 0 Å². The Kier molecular flexibility index (Phi) is 3.94. The van der Waals surface area contributed by atoms with Crippen molar-refractivity contribution in [2.24, 2.45) is 5.41 Å². The lowest BCUT2D eigenvalue weighted by molar-refractivity contribution is -0.190. The van der Waals surface area contributed by atoms with Crippen LogP contribution >= 0.6 is 11.6 Å². The molecule has 1 aromatic carbocycles. The zero-order valence-electron chi connectivity index (χ0n) is 14.1. The molecule has 1 aliphatic heterocycles. The van der Waals surface area contributed by atoms with E-state index >= 15 is 0 Å². The molecule has 24 heavy (non-hydrogen) atoms. The molecule has 2 atom stereocenters. The third-order valence-electron chi connectivity index (χ3n) is 6.01. The molecule has 2 fully saturated rings. The molecule has 2 aliphatic rings. The van der Waals surface area contributed by atoms with E-state index < -0.39 is 0 Å². The normalized spacial score (nSPS) is 25.9. The Hall–Kier alpha value is -1.36. The van der Waals surface area contributed by atoms with Gasteiger partial charge < -0.3 is 14.7 Å². The molecule has 1 aliphatic carbocycles. The summed E-state index contributed by atoms with van der Waals surface area (Å²) in [6.07, 6.45) is 2.62. The zero-order chi connectivity index (χ0) is 16.9. The Morgan fingerprint density at radius 2 is 2.04 bits per heavy atom. The molecule has 4 rings (SSSR count). The van der Waals surface area contributed by atoms with Crippen molar-refractivity contribution in [3.63, 3.8) is 0 Å². The number of pyridine rings is 1. The first kappa shape index (κ1) is 16.1. The Balaban J connectivity index is 1.59. The molecule has 1 spiro atoms. The maximum atomic E-state index is 10.3. The van der Waals surface area contributed by atoms with E-state index in [1.807, 2.05) is 18.2 Å². The molecule has 2 heterocycles. The molecular weight excluding hydrogens is 324 g/mol. The van der Waals surface area contributed by atoms with Crippen molar-refractivity contribution in [2.75, 3.05) is 25.1 Å². The van der Waals surface area contributed by atoms with Gasteiger partial charge in [-0.05, 0) is 43.5 Å². The summed E-state index contributed by atoms with van der Waals surface area (Å²) >= 11 is 6.13. The highest BCUT2D eigenvalue weighted by molar-refractivity contribution is 6.31. The molecule has 0 radical (unpaired) electrons. The highest BCUT2D eigenvalue weighted by Gasteiger charge is 2.55. The van der Waals surface area contributed by atoms with Crippen molar-refractivity contribution in [1.82, 2.24) is 4.98 Å². The number of benzene rings is 1. The second kappa shape index (κ2) is 5.87. The molecule has 2 unspecified atom stereocenters. The number of aryl methyl sites for hydroxylation is 1. The van der Waals surface area contributed by atoms with Gasteiger partial charge in [-0.3, -0.25) is 0 Å². The lowest BCUT2D eigenvalue weighted by Gasteiger charge is -2.56. The molecule has 0 amide bonds. The number of anilines is 1. The van der Waals surface area contributed by atoms with Crippen LogP contribution in [0.2, 0.25) is 5.02 Å². The maximum absolute atomic E-state index is 10.3. The summed E-state index contributed by atoms with van der Waals surface area (Å²) in [7, 11) is 1.75. The fourth-order valence-electron chi connectivity index (χ4n) is 4.38. The van der Waals surface area contributed by atoms with Crippen LogP contribution in [0.1, 0.15) is 24.8 Å². The van der Waals surface area contributed by atoms with Crippen LogP contribution in [0.15, 0.2) is 24.3 Å². The van der Waals surface area contributed by atoms with Crippen LogP contribution in [0.4, 0.5) is 5.82 Å². The molecule has 1 saturated heterocycles. The number of fused-ring (bicyclic) bond motifs is 1. The molecule has 1 N–H and O–H groups in total. The van der Waals surface area contributed by atoms with Crippen molar-refractivity contribution in [3.05, 3.63) is 34.9 Å². The van der Waals surface area contributed by atoms with Gasteiger partial charge in [0.25, 0.3) is 0 Å². The first-order valence-corrected chi connectivity index (χ1v) is 8.94. The molecule has 4 nitrogen and oxygen atoms in total. The van der Waals surface area contributed by atoms with Gasteiger partial charge in [0.15, 0.2) is 0 Å². The fraction of sp³-hybridized carbons (Fsp3) is 0.526. The number of ether oxygens (including phenoxy) is 1. The Morgan fingerprint density at radius 3 is 2.71 bits per heavy atom. The molecule has 128 valence electrons. The van der Waals surface area contributed by atoms with Gasteiger partial charge in [-0.25, -0.2) is 4.98 Å². The molecule has 2 aromatic rings. The second-order valence-corrected chi connectivity index (χ2v) is 7.59. The average molecular weight is 347 g/mol. The Morgan fingerprint density at radius 1 is 1.29 bits per heavy atom. The first-order valence-electron chi connectivity index (χ1n) is 8.56. The summed E-state index contributed by atoms with van der Waals surface area (Å²) in [6.45, 7) is 3.91. The van der Waals surface area contributed by atoms with Gasteiger partial charge >= 0.3 is 0 Å². The van der Waals surface area contributed by atoms with Crippen LogP contribution < -0.4 is 4.90 Å². The monoisotopic (exact) mass is 346 g/mol. The number of hydrogen-bond donors (Lipinski definition) is 1. The summed E-state index contributed by atoms with van der Waals surface area (Å²) in [4.78, 5) is 7.13. The highest BCUT2D eigenvalue weighted by atomic mass is 35.5. The zero-order valence-corrected chi connectivity index (χ0v) is 14.9. The quantitative estimate of drug-likeness (QED) is 0.903. The Labute approximate surface area is 147 Å². The van der Waals surface area contributed by atoms with Crippen LogP contribution in [-0.4, -0.2) is 42.5 Å². The average Bonchev–Trinajstić information content (AvgIpc) is 2.59. The number of aromatic nitrogens is 1. The van der Waals surface area contributed by atoms with Crippen LogP contribution in [0.25, 0.3) is 10.9 Å². The number of nitrogens with zero attached hydrogens (tertiary/aromatic N) is 2. The fourth-order valence-corrected chi connectivity index (χ4v) is 4.55. The third kappa shape index (κ3) is 2.40. The summed E-state index contributed by atoms with van der Waals surface area (Å²) in [5.41, 5.74) is 2.10. The number of methoxy groups -OCH3 is 1. The van der Waals surface area contributed by atoms with E-state index in [2.05, 4.69) is 17.9 Å². The van der Waals surface area contributed by atoms with E-state index in [4.69, 9.17) is 21.3 Å². The molecular formula is C19H23ClN2O2. The molecule has 0 bridgehead atoms. The van der Waals surface area contributed by atoms with Gasteiger partial charge in [0.1, 0.15) is 5.82 Å². The van der Waals surface area contributed by atoms with E-state index in [9.17, 15) is 5.11 Å². The minimum atomic E-state index is -0.227. The van der Waals surface area contributed by atoms with Crippen LogP contribution in [-0.2, 0) is 4.74 Å². The standard InChI is InChI=1S/C19H23ClN2O2/c1-12-9-18(21-15-10-13(20)3-4-14(12)15)22-7-5-19(6-8-22)16(23)11-17(19)24-2/h3-4,9-10,16-17,23H,5-8,11H2,1-2H3. The number of aliphatic hydroxyl groups is 1. The summed E-state index contributed by atoms with van der Waals surface area (Å²) in [5, 5.41) is 12.1. The van der Waals surface area contributed by atoms with Crippen LogP contribution in [0, 0.1) is 12.3 Å². The first-order chi connectivity index (χ1) is 11.5. The van der Waals surface area contributed by atoms with Gasteiger partial charge in [0, 0.05) is 42.4 Å². The number of aliphatic hydroxyl groups excluding tert-OH is 1. The van der Waals surface area contributed by atoms with Gasteiger partial charge in [-0.2, -0.15) is 0 Å². The van der Waals surface area contributed by atoms with Gasteiger partial charge in [0.2, 0.25) is 0 Å². The topological polar surface area (TPSA) is 45.6 Å². The van der Waals surface area contributed by atoms with Crippen molar-refractivity contribution in [1.29, 1.82) is 0 Å². The van der Waals surface area contributed by atoms with E-state index in [-0.39, 0.29) is 17.6 Å². The molecule has 1 aromatic heterocycles. The van der Waals surface area contributed by atoms with Gasteiger partial charge in [0.05, 0.1) is 17.7 Å². The Bertz CT molecular complexity index is 771. The lowest BCUT2D eigenvalue weighted by Crippen LogP contribution is -2.62. The van der Waals surface area contributed by atoms with Crippen molar-refractivity contribution in [3.8, 4) is 0 Å². The van der Waals surface area contributed by atoms with E-state index in [1.54, 1.807) is 7.11 Å². The predicted octanol–water partition coefficient (Wildman–Crippen LogP) is 3.56. The molecule has 5 heteroatoms. The number of halogens is 1. The third-order valence-corrected chi connectivity index (χ3v) is 6.25. The summed E-state index contributed by atoms with van der Waals surface area (Å²) in [6, 6.07) is 8.02. The highest BCUT2D eigenvalue weighted by Crippen LogP contribution is 2.51. The lowest BCUT2D eigenvalue weighted by atomic mass is 9.58. The van der Waals surface area contributed by atoms with Crippen molar-refractivity contribution < 1.29 is 9.84 Å². The number of piperidine rings is 1. The maximum Gasteiger partial charge on any atom is 0.129 e. The minimum Gasteiger partial charge on any atom is -0.392 e. The van der Waals surface area contributed by atoms with Crippen molar-refractivity contribution in [2.45, 2.75) is 38.4 Å². The number of hydrogen-bond acceptors (Lipinski definition) is 4. The smallest absolute Gasteiger partial charge is 0.129 e.